The highest BCUT2D eigenvalue weighted by Crippen LogP contribution is 1.96. The molecule has 0 rings (SSSR count). The molecule has 0 aromatic rings. The van der Waals surface area contributed by atoms with E-state index >= 15 is 0 Å². The fraction of sp³-hybridized carbons (Fsp3) is 0.600. The van der Waals surface area contributed by atoms with Gasteiger partial charge < -0.3 is 37.0 Å². The summed E-state index contributed by atoms with van der Waals surface area (Å²) in [6.07, 6.45) is -2.06. The van der Waals surface area contributed by atoms with E-state index in [1.807, 2.05) is 10.9 Å². The smallest absolute Gasteiger partial charge is 0.325 e. The molecule has 0 radical (unpaired) electrons. The molecule has 0 saturated heterocycles. The summed E-state index contributed by atoms with van der Waals surface area (Å²) in [4.78, 5) is 68.7. The molecule has 15 heteroatoms. The van der Waals surface area contributed by atoms with Gasteiger partial charge in [-0.15, -0.1) is 0 Å². The molecule has 0 heterocycles. The van der Waals surface area contributed by atoms with E-state index in [0.29, 0.717) is 0 Å². The molecule has 5 amide bonds. The van der Waals surface area contributed by atoms with Crippen molar-refractivity contribution >= 4 is 35.7 Å². The van der Waals surface area contributed by atoms with Crippen LogP contribution in [-0.2, 0) is 24.0 Å². The third-order valence-electron chi connectivity index (χ3n) is 3.56. The molecule has 0 aromatic carbocycles. The number of hydrogen-bond donors (Lipinski definition) is 9. The van der Waals surface area contributed by atoms with Gasteiger partial charge in [-0.3, -0.25) is 34.8 Å². The zero-order valence-electron chi connectivity index (χ0n) is 16.5. The number of rotatable bonds is 10. The Hall–Kier alpha value is -3.46. The lowest BCUT2D eigenvalue weighted by Crippen LogP contribution is -2.59. The number of carboxylic acids is 2. The first kappa shape index (κ1) is 26.5. The lowest BCUT2D eigenvalue weighted by Gasteiger charge is -2.23. The Balaban J connectivity index is 4.69. The van der Waals surface area contributed by atoms with Crippen molar-refractivity contribution in [2.24, 2.45) is 5.73 Å². The maximum atomic E-state index is 12.0. The van der Waals surface area contributed by atoms with Gasteiger partial charge in [0.1, 0.15) is 18.1 Å². The number of nitrogens with two attached hydrogens (primary N) is 1. The number of carbonyl (C=O) groups excluding carboxylic acids is 4. The van der Waals surface area contributed by atoms with E-state index in [1.165, 1.54) is 20.8 Å². The lowest BCUT2D eigenvalue weighted by atomic mass is 10.1. The van der Waals surface area contributed by atoms with E-state index in [2.05, 4.69) is 16.0 Å². The number of hydrogen-bond acceptors (Lipinski definition) is 8. The van der Waals surface area contributed by atoms with Crippen LogP contribution >= 0.6 is 0 Å². The Morgan fingerprint density at radius 1 is 0.800 bits per heavy atom. The van der Waals surface area contributed by atoms with Crippen molar-refractivity contribution in [1.29, 1.82) is 0 Å². The summed E-state index contributed by atoms with van der Waals surface area (Å²) in [5.41, 5.74) is 9.13. The molecule has 0 spiro atoms. The summed E-state index contributed by atoms with van der Waals surface area (Å²) in [5, 5.41) is 33.3. The van der Waals surface area contributed by atoms with Crippen molar-refractivity contribution in [1.82, 2.24) is 26.8 Å². The highest BCUT2D eigenvalue weighted by molar-refractivity contribution is 5.93. The predicted molar refractivity (Wildman–Crippen MR) is 98.4 cm³/mol. The van der Waals surface area contributed by atoms with Crippen molar-refractivity contribution in [2.45, 2.75) is 57.5 Å². The van der Waals surface area contributed by atoms with E-state index in [0.717, 1.165) is 0 Å². The second-order valence-corrected chi connectivity index (χ2v) is 6.31. The van der Waals surface area contributed by atoms with Gasteiger partial charge in [-0.2, -0.15) is 0 Å². The van der Waals surface area contributed by atoms with Crippen LogP contribution < -0.4 is 32.5 Å². The first-order chi connectivity index (χ1) is 13.8. The van der Waals surface area contributed by atoms with Gasteiger partial charge in [0.05, 0.1) is 18.6 Å². The van der Waals surface area contributed by atoms with Crippen molar-refractivity contribution in [3.8, 4) is 0 Å². The minimum absolute atomic E-state index is 0.665. The fourth-order valence-electron chi connectivity index (χ4n) is 1.82. The SMILES string of the molecule is CC(O)[C@H](NC(=O)N[C@@H](C)C(=O)NNC(=O)[C@@H](N)CC(=O)O)C(=O)N[C@@H](C)C(=O)O. The molecular weight excluding hydrogens is 408 g/mol. The van der Waals surface area contributed by atoms with Crippen LogP contribution in [0.1, 0.15) is 27.2 Å². The van der Waals surface area contributed by atoms with Crippen LogP contribution in [0.15, 0.2) is 0 Å². The van der Waals surface area contributed by atoms with E-state index in [-0.39, 0.29) is 0 Å². The van der Waals surface area contributed by atoms with Gasteiger partial charge >= 0.3 is 18.0 Å². The predicted octanol–water partition coefficient (Wildman–Crippen LogP) is -4.04. The maximum Gasteiger partial charge on any atom is 0.325 e. The van der Waals surface area contributed by atoms with E-state index in [9.17, 15) is 33.9 Å². The summed E-state index contributed by atoms with van der Waals surface area (Å²) in [6, 6.07) is -6.49. The molecule has 0 aliphatic rings. The zero-order valence-corrected chi connectivity index (χ0v) is 16.5. The number of aliphatic carboxylic acids is 2. The van der Waals surface area contributed by atoms with Crippen LogP contribution in [-0.4, -0.2) is 81.3 Å². The summed E-state index contributed by atoms with van der Waals surface area (Å²) in [6.45, 7) is 3.59. The Kier molecular flexibility index (Phi) is 10.8. The largest absolute Gasteiger partial charge is 0.481 e. The third-order valence-corrected chi connectivity index (χ3v) is 3.56. The van der Waals surface area contributed by atoms with Crippen LogP contribution in [0.5, 0.6) is 0 Å². The van der Waals surface area contributed by atoms with E-state index in [4.69, 9.17) is 15.9 Å². The molecule has 170 valence electrons. The summed E-state index contributed by atoms with van der Waals surface area (Å²) in [7, 11) is 0. The third kappa shape index (κ3) is 9.65. The Labute approximate surface area is 170 Å². The summed E-state index contributed by atoms with van der Waals surface area (Å²) < 4.78 is 0. The molecule has 30 heavy (non-hydrogen) atoms. The highest BCUT2D eigenvalue weighted by Gasteiger charge is 2.29. The molecule has 0 aliphatic heterocycles. The Morgan fingerprint density at radius 2 is 1.33 bits per heavy atom. The number of carboxylic acid groups (broad SMARTS) is 2. The van der Waals surface area contributed by atoms with Gasteiger partial charge in [0, 0.05) is 0 Å². The number of hydrazine groups is 1. The number of urea groups is 1. The zero-order chi connectivity index (χ0) is 23.6. The fourth-order valence-corrected chi connectivity index (χ4v) is 1.82. The van der Waals surface area contributed by atoms with Gasteiger partial charge in [0.15, 0.2) is 0 Å². The molecule has 0 saturated carbocycles. The van der Waals surface area contributed by atoms with E-state index < -0.39 is 72.4 Å². The molecule has 0 bridgehead atoms. The molecule has 0 fully saturated rings. The maximum absolute atomic E-state index is 12.0. The standard InChI is InChI=1S/C15H26N6O9/c1-5(11(25)20-21-12(26)8(16)4-9(23)24)18-15(30)19-10(7(3)22)13(27)17-6(2)14(28)29/h5-8,10,22H,4,16H2,1-3H3,(H,17,27)(H,20,25)(H,21,26)(H,23,24)(H,28,29)(H2,18,19,30)/t5-,6-,7?,8-,10-/m0/s1. The number of carbonyl (C=O) groups is 6. The summed E-state index contributed by atoms with van der Waals surface area (Å²) in [5.74, 6) is -5.48. The van der Waals surface area contributed by atoms with Crippen LogP contribution in [0.4, 0.5) is 4.79 Å². The second-order valence-electron chi connectivity index (χ2n) is 6.31. The number of nitrogens with one attached hydrogen (secondary N) is 5. The number of aliphatic hydroxyl groups is 1. The minimum atomic E-state index is -1.52. The van der Waals surface area contributed by atoms with Gasteiger partial charge in [-0.1, -0.05) is 0 Å². The van der Waals surface area contributed by atoms with Crippen molar-refractivity contribution in [3.05, 3.63) is 0 Å². The minimum Gasteiger partial charge on any atom is -0.481 e. The van der Waals surface area contributed by atoms with Crippen LogP contribution in [0.2, 0.25) is 0 Å². The number of amides is 5. The van der Waals surface area contributed by atoms with Gasteiger partial charge in [0.2, 0.25) is 5.91 Å². The summed E-state index contributed by atoms with van der Waals surface area (Å²) >= 11 is 0. The number of aliphatic hydroxyl groups excluding tert-OH is 1. The molecule has 5 atom stereocenters. The van der Waals surface area contributed by atoms with Crippen molar-refractivity contribution in [3.63, 3.8) is 0 Å². The molecule has 10 N–H and O–H groups in total. The van der Waals surface area contributed by atoms with Gasteiger partial charge in [-0.25, -0.2) is 4.79 Å². The monoisotopic (exact) mass is 434 g/mol. The van der Waals surface area contributed by atoms with Crippen molar-refractivity contribution < 1.29 is 44.1 Å². The lowest BCUT2D eigenvalue weighted by molar-refractivity contribution is -0.142. The van der Waals surface area contributed by atoms with Crippen LogP contribution in [0, 0.1) is 0 Å². The topological polar surface area (TPSA) is 249 Å². The molecule has 0 aromatic heterocycles. The molecular formula is C15H26N6O9. The van der Waals surface area contributed by atoms with Crippen LogP contribution in [0.25, 0.3) is 0 Å². The van der Waals surface area contributed by atoms with Crippen LogP contribution in [0.3, 0.4) is 0 Å². The van der Waals surface area contributed by atoms with E-state index in [1.54, 1.807) is 0 Å². The Bertz CT molecular complexity index is 684. The first-order valence-corrected chi connectivity index (χ1v) is 8.61. The average Bonchev–Trinajstić information content (AvgIpc) is 2.62. The Morgan fingerprint density at radius 3 is 1.80 bits per heavy atom. The van der Waals surface area contributed by atoms with Gasteiger partial charge in [0.25, 0.3) is 11.8 Å². The second kappa shape index (κ2) is 12.2. The van der Waals surface area contributed by atoms with Crippen molar-refractivity contribution in [2.75, 3.05) is 0 Å². The molecule has 15 nitrogen and oxygen atoms in total. The van der Waals surface area contributed by atoms with Gasteiger partial charge in [-0.05, 0) is 20.8 Å². The molecule has 1 unspecified atom stereocenters. The first-order valence-electron chi connectivity index (χ1n) is 8.61. The average molecular weight is 434 g/mol. The quantitative estimate of drug-likeness (QED) is 0.150. The highest BCUT2D eigenvalue weighted by atomic mass is 16.4. The normalized spacial score (nSPS) is 15.4. The molecule has 0 aliphatic carbocycles.